The van der Waals surface area contributed by atoms with Gasteiger partial charge in [0.1, 0.15) is 21.8 Å². The summed E-state index contributed by atoms with van der Waals surface area (Å²) >= 11 is 1.49. The smallest absolute Gasteiger partial charge is 0.204 e. The van der Waals surface area contributed by atoms with Crippen LogP contribution in [0, 0.1) is 0 Å². The Morgan fingerprint density at radius 2 is 1.23 bits per heavy atom. The van der Waals surface area contributed by atoms with Gasteiger partial charge in [-0.1, -0.05) is 0 Å². The largest absolute Gasteiger partial charge is 0.495 e. The quantitative estimate of drug-likeness (QED) is 0.223. The lowest BCUT2D eigenvalue weighted by Crippen LogP contribution is -2.01. The number of rotatable bonds is 10. The summed E-state index contributed by atoms with van der Waals surface area (Å²) in [6.45, 7) is 0. The van der Waals surface area contributed by atoms with Crippen molar-refractivity contribution >= 4 is 21.6 Å². The third-order valence-corrected chi connectivity index (χ3v) is 7.46. The summed E-state index contributed by atoms with van der Waals surface area (Å²) in [4.78, 5) is 4.84. The SMILES string of the molecule is COc1cc(-c2nc3cc(OC)c(OC)c(OC)c3s2)ccc1-n1cnnc1-c1cc(OC)c(OC)c(OC)c1. The molecule has 0 saturated heterocycles. The zero-order valence-electron chi connectivity index (χ0n) is 23.1. The number of nitrogens with zero attached hydrogens (tertiary/aromatic N) is 4. The summed E-state index contributed by atoms with van der Waals surface area (Å²) in [7, 11) is 11.1. The first-order valence-electron chi connectivity index (χ1n) is 12.0. The summed E-state index contributed by atoms with van der Waals surface area (Å²) < 4.78 is 41.7. The highest BCUT2D eigenvalue weighted by Crippen LogP contribution is 2.47. The van der Waals surface area contributed by atoms with Gasteiger partial charge in [0.15, 0.2) is 28.8 Å². The predicted molar refractivity (Wildman–Crippen MR) is 151 cm³/mol. The molecule has 11 nitrogen and oxygen atoms in total. The number of hydrogen-bond donors (Lipinski definition) is 0. The molecule has 0 fully saturated rings. The molecule has 0 saturated carbocycles. The topological polar surface area (TPSA) is 108 Å². The molecule has 0 atom stereocenters. The van der Waals surface area contributed by atoms with Gasteiger partial charge in [0, 0.05) is 17.2 Å². The van der Waals surface area contributed by atoms with E-state index in [1.807, 2.05) is 41.0 Å². The zero-order valence-corrected chi connectivity index (χ0v) is 23.9. The van der Waals surface area contributed by atoms with Crippen molar-refractivity contribution in [3.63, 3.8) is 0 Å². The van der Waals surface area contributed by atoms with Crippen molar-refractivity contribution < 1.29 is 33.2 Å². The van der Waals surface area contributed by atoms with Gasteiger partial charge in [-0.15, -0.1) is 21.5 Å². The maximum Gasteiger partial charge on any atom is 0.204 e. The van der Waals surface area contributed by atoms with Crippen molar-refractivity contribution in [3.8, 4) is 67.9 Å². The molecule has 0 N–H and O–H groups in total. The summed E-state index contributed by atoms with van der Waals surface area (Å²) in [5.41, 5.74) is 3.06. The van der Waals surface area contributed by atoms with Gasteiger partial charge < -0.3 is 33.2 Å². The van der Waals surface area contributed by atoms with E-state index in [9.17, 15) is 0 Å². The Bertz CT molecular complexity index is 1660. The number of benzene rings is 3. The molecule has 5 aromatic rings. The fourth-order valence-electron chi connectivity index (χ4n) is 4.48. The van der Waals surface area contributed by atoms with Gasteiger partial charge in [0.25, 0.3) is 0 Å². The highest BCUT2D eigenvalue weighted by molar-refractivity contribution is 7.22. The molecule has 0 bridgehead atoms. The zero-order chi connectivity index (χ0) is 28.4. The lowest BCUT2D eigenvalue weighted by Gasteiger charge is -2.15. The Morgan fingerprint density at radius 1 is 0.625 bits per heavy atom. The van der Waals surface area contributed by atoms with Crippen LogP contribution in [0.4, 0.5) is 0 Å². The highest BCUT2D eigenvalue weighted by atomic mass is 32.1. The lowest BCUT2D eigenvalue weighted by molar-refractivity contribution is 0.324. The molecule has 0 aliphatic rings. The van der Waals surface area contributed by atoms with Crippen molar-refractivity contribution in [1.29, 1.82) is 0 Å². The second-order valence-electron chi connectivity index (χ2n) is 8.34. The standard InChI is InChI=1S/C28H28N4O7S/c1-33-19-10-15(28-30-17-13-22(36-4)24(38-6)25(39-7)26(17)40-28)8-9-18(19)32-14-29-31-27(32)16-11-20(34-2)23(37-5)21(12-16)35-3/h8-14H,1-7H3. The maximum absolute atomic E-state index is 5.81. The summed E-state index contributed by atoms with van der Waals surface area (Å²) in [6.07, 6.45) is 1.62. The predicted octanol–water partition coefficient (Wildman–Crippen LogP) is 5.27. The van der Waals surface area contributed by atoms with Crippen LogP contribution < -0.4 is 33.2 Å². The summed E-state index contributed by atoms with van der Waals surface area (Å²) in [5, 5.41) is 9.30. The molecule has 0 unspecified atom stereocenters. The number of ether oxygens (including phenoxy) is 7. The monoisotopic (exact) mass is 564 g/mol. The molecule has 2 aromatic heterocycles. The molecule has 0 radical (unpaired) electrons. The maximum atomic E-state index is 5.81. The van der Waals surface area contributed by atoms with Crippen LogP contribution in [0.15, 0.2) is 42.7 Å². The Morgan fingerprint density at radius 3 is 1.82 bits per heavy atom. The number of fused-ring (bicyclic) bond motifs is 1. The van der Waals surface area contributed by atoms with Crippen molar-refractivity contribution in [2.45, 2.75) is 0 Å². The minimum atomic E-state index is 0.490. The van der Waals surface area contributed by atoms with E-state index in [1.165, 1.54) is 11.3 Å². The second kappa shape index (κ2) is 11.2. The number of methoxy groups -OCH3 is 7. The molecule has 0 aliphatic carbocycles. The van der Waals surface area contributed by atoms with Crippen LogP contribution in [0.3, 0.4) is 0 Å². The Balaban J connectivity index is 1.60. The first-order valence-corrected chi connectivity index (χ1v) is 12.8. The van der Waals surface area contributed by atoms with E-state index in [2.05, 4.69) is 10.2 Å². The average Bonchev–Trinajstić information content (AvgIpc) is 3.66. The van der Waals surface area contributed by atoms with Crippen LogP contribution in [0.25, 0.3) is 37.9 Å². The molecule has 3 aromatic carbocycles. The van der Waals surface area contributed by atoms with Crippen LogP contribution in [-0.4, -0.2) is 69.5 Å². The van der Waals surface area contributed by atoms with Gasteiger partial charge in [-0.2, -0.15) is 0 Å². The molecule has 12 heteroatoms. The van der Waals surface area contributed by atoms with E-state index in [0.717, 1.165) is 32.0 Å². The molecule has 0 aliphatic heterocycles. The first-order chi connectivity index (χ1) is 19.5. The highest BCUT2D eigenvalue weighted by Gasteiger charge is 2.22. The normalized spacial score (nSPS) is 10.9. The first kappa shape index (κ1) is 26.9. The van der Waals surface area contributed by atoms with Crippen LogP contribution in [-0.2, 0) is 0 Å². The lowest BCUT2D eigenvalue weighted by atomic mass is 10.1. The molecule has 208 valence electrons. The number of thiazole rings is 1. The van der Waals surface area contributed by atoms with Gasteiger partial charge >= 0.3 is 0 Å². The minimum Gasteiger partial charge on any atom is -0.495 e. The molecule has 40 heavy (non-hydrogen) atoms. The third-order valence-electron chi connectivity index (χ3n) is 6.34. The van der Waals surface area contributed by atoms with Crippen molar-refractivity contribution in [2.75, 3.05) is 49.8 Å². The molecular formula is C28H28N4O7S. The fraction of sp³-hybridized carbons (Fsp3) is 0.250. The van der Waals surface area contributed by atoms with Crippen LogP contribution in [0.5, 0.6) is 40.2 Å². The molecule has 2 heterocycles. The molecule has 0 spiro atoms. The Hall–Kier alpha value is -4.71. The number of aromatic nitrogens is 4. The van der Waals surface area contributed by atoms with Crippen molar-refractivity contribution in [3.05, 3.63) is 42.7 Å². The van der Waals surface area contributed by atoms with E-state index in [4.69, 9.17) is 38.1 Å². The van der Waals surface area contributed by atoms with Crippen LogP contribution >= 0.6 is 11.3 Å². The van der Waals surface area contributed by atoms with Gasteiger partial charge in [-0.25, -0.2) is 4.98 Å². The summed E-state index contributed by atoms with van der Waals surface area (Å²) in [6, 6.07) is 11.3. The van der Waals surface area contributed by atoms with E-state index in [1.54, 1.807) is 56.1 Å². The third kappa shape index (κ3) is 4.45. The van der Waals surface area contributed by atoms with E-state index < -0.39 is 0 Å². The van der Waals surface area contributed by atoms with Gasteiger partial charge in [0.2, 0.25) is 11.5 Å². The Labute approximate surface area is 234 Å². The average molecular weight is 565 g/mol. The van der Waals surface area contributed by atoms with Gasteiger partial charge in [-0.3, -0.25) is 4.57 Å². The van der Waals surface area contributed by atoms with Crippen molar-refractivity contribution in [1.82, 2.24) is 19.7 Å². The molecular weight excluding hydrogens is 536 g/mol. The van der Waals surface area contributed by atoms with E-state index in [-0.39, 0.29) is 0 Å². The molecule has 5 rings (SSSR count). The molecule has 0 amide bonds. The second-order valence-corrected chi connectivity index (χ2v) is 9.34. The van der Waals surface area contributed by atoms with E-state index in [0.29, 0.717) is 46.1 Å². The number of hydrogen-bond acceptors (Lipinski definition) is 11. The van der Waals surface area contributed by atoms with E-state index >= 15 is 0 Å². The van der Waals surface area contributed by atoms with Gasteiger partial charge in [0.05, 0.1) is 61.0 Å². The van der Waals surface area contributed by atoms with Crippen LogP contribution in [0.1, 0.15) is 0 Å². The summed E-state index contributed by atoms with van der Waals surface area (Å²) in [5.74, 6) is 4.31. The van der Waals surface area contributed by atoms with Crippen molar-refractivity contribution in [2.24, 2.45) is 0 Å². The fourth-order valence-corrected chi connectivity index (χ4v) is 5.54. The van der Waals surface area contributed by atoms with Gasteiger partial charge in [-0.05, 0) is 30.3 Å². The Kier molecular flexibility index (Phi) is 7.52. The van der Waals surface area contributed by atoms with Crippen LogP contribution in [0.2, 0.25) is 0 Å². The minimum absolute atomic E-state index is 0.490.